The maximum Gasteiger partial charge on any atom is 0.0708 e. The normalized spacial score (nSPS) is 15.6. The Morgan fingerprint density at radius 1 is 1.22 bits per heavy atom. The second kappa shape index (κ2) is 4.91. The van der Waals surface area contributed by atoms with Crippen molar-refractivity contribution in [3.8, 4) is 0 Å². The topological polar surface area (TPSA) is 24.9 Å². The molecule has 0 aliphatic heterocycles. The second-order valence-corrected chi connectivity index (χ2v) is 4.96. The minimum Gasteiger partial charge on any atom is -0.309 e. The third kappa shape index (κ3) is 2.29. The zero-order valence-corrected chi connectivity index (χ0v) is 10.7. The summed E-state index contributed by atoms with van der Waals surface area (Å²) in [5.41, 5.74) is 3.54. The monoisotopic (exact) mass is 238 g/mol. The maximum absolute atomic E-state index is 4.58. The average molecular weight is 238 g/mol. The standard InChI is InChI=1S/C16H18N2/c1-12-10-13(11-17-14-6-2-3-7-14)15-8-4-5-9-16(15)18-12/h2-5,8-10,14,17H,6-7,11H2,1H3. The Morgan fingerprint density at radius 3 is 2.83 bits per heavy atom. The number of fused-ring (bicyclic) bond motifs is 1. The van der Waals surface area contributed by atoms with E-state index >= 15 is 0 Å². The number of aromatic nitrogens is 1. The fourth-order valence-electron chi connectivity index (χ4n) is 2.58. The van der Waals surface area contributed by atoms with Gasteiger partial charge >= 0.3 is 0 Å². The van der Waals surface area contributed by atoms with Crippen molar-refractivity contribution in [2.45, 2.75) is 32.4 Å². The van der Waals surface area contributed by atoms with Crippen LogP contribution in [0, 0.1) is 6.92 Å². The first-order valence-electron chi connectivity index (χ1n) is 6.56. The van der Waals surface area contributed by atoms with Crippen LogP contribution in [-0.2, 0) is 6.54 Å². The molecule has 1 aliphatic carbocycles. The van der Waals surface area contributed by atoms with Gasteiger partial charge in [-0.2, -0.15) is 0 Å². The Kier molecular flexibility index (Phi) is 3.11. The Balaban J connectivity index is 1.85. The van der Waals surface area contributed by atoms with E-state index in [0.29, 0.717) is 6.04 Å². The van der Waals surface area contributed by atoms with Crippen LogP contribution >= 0.6 is 0 Å². The number of benzene rings is 1. The van der Waals surface area contributed by atoms with E-state index in [1.54, 1.807) is 0 Å². The van der Waals surface area contributed by atoms with Crippen molar-refractivity contribution in [3.63, 3.8) is 0 Å². The predicted molar refractivity (Wildman–Crippen MR) is 75.5 cm³/mol. The zero-order valence-electron chi connectivity index (χ0n) is 10.7. The minimum atomic E-state index is 0.609. The van der Waals surface area contributed by atoms with Crippen LogP contribution in [-0.4, -0.2) is 11.0 Å². The van der Waals surface area contributed by atoms with Crippen molar-refractivity contribution in [1.82, 2.24) is 10.3 Å². The molecule has 0 amide bonds. The lowest BCUT2D eigenvalue weighted by Crippen LogP contribution is -2.25. The van der Waals surface area contributed by atoms with Gasteiger partial charge in [-0.25, -0.2) is 0 Å². The summed E-state index contributed by atoms with van der Waals surface area (Å²) in [4.78, 5) is 4.58. The van der Waals surface area contributed by atoms with Gasteiger partial charge in [0.2, 0.25) is 0 Å². The second-order valence-electron chi connectivity index (χ2n) is 4.96. The van der Waals surface area contributed by atoms with Gasteiger partial charge in [-0.05, 0) is 37.5 Å². The van der Waals surface area contributed by atoms with Crippen LogP contribution in [0.5, 0.6) is 0 Å². The molecule has 0 saturated carbocycles. The van der Waals surface area contributed by atoms with Crippen LogP contribution < -0.4 is 5.32 Å². The minimum absolute atomic E-state index is 0.609. The Hall–Kier alpha value is -1.67. The summed E-state index contributed by atoms with van der Waals surface area (Å²) in [5, 5.41) is 4.89. The van der Waals surface area contributed by atoms with Crippen LogP contribution in [0.3, 0.4) is 0 Å². The Bertz CT molecular complexity index is 579. The lowest BCUT2D eigenvalue weighted by Gasteiger charge is -2.13. The van der Waals surface area contributed by atoms with Gasteiger partial charge in [0.05, 0.1) is 5.52 Å². The molecule has 1 heterocycles. The summed E-state index contributed by atoms with van der Waals surface area (Å²) in [6.07, 6.45) is 6.82. The quantitative estimate of drug-likeness (QED) is 0.829. The number of aryl methyl sites for hydroxylation is 1. The highest BCUT2D eigenvalue weighted by Crippen LogP contribution is 2.19. The molecule has 2 nitrogen and oxygen atoms in total. The van der Waals surface area contributed by atoms with Crippen molar-refractivity contribution in [3.05, 3.63) is 53.7 Å². The molecule has 2 aromatic rings. The molecule has 1 aromatic heterocycles. The first-order valence-corrected chi connectivity index (χ1v) is 6.56. The van der Waals surface area contributed by atoms with Gasteiger partial charge in [0.1, 0.15) is 0 Å². The lowest BCUT2D eigenvalue weighted by atomic mass is 10.1. The molecule has 0 bridgehead atoms. The summed E-state index contributed by atoms with van der Waals surface area (Å²) >= 11 is 0. The van der Waals surface area contributed by atoms with E-state index in [1.807, 2.05) is 6.07 Å². The molecule has 0 fully saturated rings. The SMILES string of the molecule is Cc1cc(CNC2CC=CC2)c2ccccc2n1. The van der Waals surface area contributed by atoms with Gasteiger partial charge in [-0.3, -0.25) is 4.98 Å². The fraction of sp³-hybridized carbons (Fsp3) is 0.312. The summed E-state index contributed by atoms with van der Waals surface area (Å²) in [6.45, 7) is 2.99. The molecule has 2 heteroatoms. The number of para-hydroxylation sites is 1. The fourth-order valence-corrected chi connectivity index (χ4v) is 2.58. The van der Waals surface area contributed by atoms with E-state index < -0.39 is 0 Å². The van der Waals surface area contributed by atoms with Crippen LogP contribution in [0.25, 0.3) is 10.9 Å². The highest BCUT2D eigenvalue weighted by molar-refractivity contribution is 5.82. The highest BCUT2D eigenvalue weighted by Gasteiger charge is 2.10. The summed E-state index contributed by atoms with van der Waals surface area (Å²) < 4.78 is 0. The van der Waals surface area contributed by atoms with E-state index in [4.69, 9.17) is 0 Å². The number of nitrogens with one attached hydrogen (secondary N) is 1. The summed E-state index contributed by atoms with van der Waals surface area (Å²) in [7, 11) is 0. The molecule has 1 aromatic carbocycles. The van der Waals surface area contributed by atoms with E-state index in [9.17, 15) is 0 Å². The maximum atomic E-state index is 4.58. The van der Waals surface area contributed by atoms with Gasteiger partial charge in [0.15, 0.2) is 0 Å². The van der Waals surface area contributed by atoms with Gasteiger partial charge < -0.3 is 5.32 Å². The van der Waals surface area contributed by atoms with E-state index in [1.165, 1.54) is 10.9 Å². The van der Waals surface area contributed by atoms with Crippen molar-refractivity contribution in [2.75, 3.05) is 0 Å². The molecule has 0 spiro atoms. The third-order valence-corrected chi connectivity index (χ3v) is 3.52. The van der Waals surface area contributed by atoms with Crippen LogP contribution in [0.4, 0.5) is 0 Å². The summed E-state index contributed by atoms with van der Waals surface area (Å²) in [5.74, 6) is 0. The van der Waals surface area contributed by atoms with Crippen LogP contribution in [0.2, 0.25) is 0 Å². The van der Waals surface area contributed by atoms with Gasteiger partial charge in [-0.15, -0.1) is 0 Å². The van der Waals surface area contributed by atoms with Crippen molar-refractivity contribution in [1.29, 1.82) is 0 Å². The third-order valence-electron chi connectivity index (χ3n) is 3.52. The first-order chi connectivity index (χ1) is 8.83. The van der Waals surface area contributed by atoms with E-state index in [2.05, 4.69) is 53.6 Å². The molecular weight excluding hydrogens is 220 g/mol. The van der Waals surface area contributed by atoms with Gasteiger partial charge in [0.25, 0.3) is 0 Å². The molecule has 0 unspecified atom stereocenters. The molecule has 1 aliphatic rings. The van der Waals surface area contributed by atoms with Crippen molar-refractivity contribution < 1.29 is 0 Å². The Labute approximate surface area is 108 Å². The lowest BCUT2D eigenvalue weighted by molar-refractivity contribution is 0.539. The predicted octanol–water partition coefficient (Wildman–Crippen LogP) is 3.35. The molecule has 0 radical (unpaired) electrons. The molecule has 92 valence electrons. The number of hydrogen-bond donors (Lipinski definition) is 1. The number of hydrogen-bond acceptors (Lipinski definition) is 2. The van der Waals surface area contributed by atoms with E-state index in [-0.39, 0.29) is 0 Å². The van der Waals surface area contributed by atoms with Crippen LogP contribution in [0.1, 0.15) is 24.1 Å². The smallest absolute Gasteiger partial charge is 0.0708 e. The zero-order chi connectivity index (χ0) is 12.4. The number of nitrogens with zero attached hydrogens (tertiary/aromatic N) is 1. The average Bonchev–Trinajstić information content (AvgIpc) is 2.89. The van der Waals surface area contributed by atoms with Gasteiger partial charge in [0, 0.05) is 23.7 Å². The molecule has 18 heavy (non-hydrogen) atoms. The van der Waals surface area contributed by atoms with Crippen molar-refractivity contribution in [2.24, 2.45) is 0 Å². The van der Waals surface area contributed by atoms with Crippen LogP contribution in [0.15, 0.2) is 42.5 Å². The molecule has 3 rings (SSSR count). The van der Waals surface area contributed by atoms with Crippen molar-refractivity contribution >= 4 is 10.9 Å². The molecule has 0 saturated heterocycles. The molecule has 1 N–H and O–H groups in total. The number of rotatable bonds is 3. The largest absolute Gasteiger partial charge is 0.309 e. The first kappa shape index (κ1) is 11.4. The van der Waals surface area contributed by atoms with E-state index in [0.717, 1.165) is 30.6 Å². The Morgan fingerprint density at radius 2 is 2.00 bits per heavy atom. The van der Waals surface area contributed by atoms with Gasteiger partial charge in [-0.1, -0.05) is 30.4 Å². The summed E-state index contributed by atoms with van der Waals surface area (Å²) in [6, 6.07) is 11.2. The number of pyridine rings is 1. The highest BCUT2D eigenvalue weighted by atomic mass is 14.9. The molecule has 0 atom stereocenters. The molecular formula is C16H18N2.